The van der Waals surface area contributed by atoms with Crippen LogP contribution in [0.3, 0.4) is 0 Å². The zero-order chi connectivity index (χ0) is 13.0. The summed E-state index contributed by atoms with van der Waals surface area (Å²) >= 11 is 0. The molecule has 106 valence electrons. The Hall–Kier alpha value is -0.160. The Morgan fingerprint density at radius 3 is 2.78 bits per heavy atom. The lowest BCUT2D eigenvalue weighted by Crippen LogP contribution is -2.45. The molecule has 4 heteroatoms. The van der Waals surface area contributed by atoms with Gasteiger partial charge in [0.1, 0.15) is 0 Å². The maximum Gasteiger partial charge on any atom is 0.0593 e. The molecule has 18 heavy (non-hydrogen) atoms. The number of fused-ring (bicyclic) bond motifs is 1. The number of nitrogens with one attached hydrogen (secondary N) is 1. The molecule has 2 aliphatic rings. The zero-order valence-corrected chi connectivity index (χ0v) is 12.1. The number of ether oxygens (including phenoxy) is 2. The minimum absolute atomic E-state index is 0.323. The highest BCUT2D eigenvalue weighted by molar-refractivity contribution is 5.04. The van der Waals surface area contributed by atoms with E-state index < -0.39 is 0 Å². The summed E-state index contributed by atoms with van der Waals surface area (Å²) in [5.41, 5.74) is 0.323. The summed E-state index contributed by atoms with van der Waals surface area (Å²) in [6.07, 6.45) is 0.995. The van der Waals surface area contributed by atoms with Crippen LogP contribution in [0, 0.1) is 11.8 Å². The van der Waals surface area contributed by atoms with E-state index in [1.165, 1.54) is 19.6 Å². The van der Waals surface area contributed by atoms with Gasteiger partial charge in [-0.1, -0.05) is 0 Å². The van der Waals surface area contributed by atoms with Crippen LogP contribution in [0.5, 0.6) is 0 Å². The van der Waals surface area contributed by atoms with Gasteiger partial charge in [0.2, 0.25) is 0 Å². The van der Waals surface area contributed by atoms with Crippen molar-refractivity contribution in [3.8, 4) is 0 Å². The molecule has 2 unspecified atom stereocenters. The number of methoxy groups -OCH3 is 1. The second-order valence-electron chi connectivity index (χ2n) is 6.08. The first-order valence-electron chi connectivity index (χ1n) is 7.18. The summed E-state index contributed by atoms with van der Waals surface area (Å²) in [7, 11) is 1.74. The van der Waals surface area contributed by atoms with Crippen LogP contribution in [-0.4, -0.2) is 63.5 Å². The van der Waals surface area contributed by atoms with Crippen LogP contribution in [-0.2, 0) is 9.47 Å². The van der Waals surface area contributed by atoms with Crippen molar-refractivity contribution in [2.45, 2.75) is 25.8 Å². The van der Waals surface area contributed by atoms with Crippen molar-refractivity contribution in [1.29, 1.82) is 0 Å². The number of rotatable bonds is 7. The van der Waals surface area contributed by atoms with Crippen molar-refractivity contribution < 1.29 is 9.47 Å². The number of hydrogen-bond donors (Lipinski definition) is 1. The molecule has 4 nitrogen and oxygen atoms in total. The molecule has 2 heterocycles. The van der Waals surface area contributed by atoms with Crippen molar-refractivity contribution in [3.05, 3.63) is 0 Å². The average Bonchev–Trinajstić information content (AvgIpc) is 2.88. The van der Waals surface area contributed by atoms with Gasteiger partial charge in [-0.15, -0.1) is 0 Å². The largest absolute Gasteiger partial charge is 0.385 e. The molecule has 0 spiro atoms. The third kappa shape index (κ3) is 3.05. The normalized spacial score (nSPS) is 30.8. The van der Waals surface area contributed by atoms with E-state index >= 15 is 0 Å². The molecular weight excluding hydrogens is 228 g/mol. The Morgan fingerprint density at radius 1 is 1.22 bits per heavy atom. The Bertz CT molecular complexity index is 258. The molecule has 0 saturated carbocycles. The van der Waals surface area contributed by atoms with Gasteiger partial charge in [0.15, 0.2) is 0 Å². The summed E-state index contributed by atoms with van der Waals surface area (Å²) in [5.74, 6) is 1.65. The van der Waals surface area contributed by atoms with E-state index in [1.54, 1.807) is 7.11 Å². The molecular formula is C14H28N2O2. The fourth-order valence-corrected chi connectivity index (χ4v) is 3.47. The van der Waals surface area contributed by atoms with Crippen LogP contribution in [0.2, 0.25) is 0 Å². The lowest BCUT2D eigenvalue weighted by molar-refractivity contribution is 0.0591. The fraction of sp³-hybridized carbons (Fsp3) is 1.00. The third-order valence-corrected chi connectivity index (χ3v) is 4.66. The first-order valence-corrected chi connectivity index (χ1v) is 7.18. The lowest BCUT2D eigenvalue weighted by atomic mass is 9.85. The van der Waals surface area contributed by atoms with Gasteiger partial charge in [-0.3, -0.25) is 4.90 Å². The van der Waals surface area contributed by atoms with Crippen molar-refractivity contribution in [1.82, 2.24) is 10.2 Å². The van der Waals surface area contributed by atoms with Gasteiger partial charge in [0.25, 0.3) is 0 Å². The Kier molecular flexibility index (Phi) is 5.01. The fourth-order valence-electron chi connectivity index (χ4n) is 3.47. The number of hydrogen-bond acceptors (Lipinski definition) is 4. The quantitative estimate of drug-likeness (QED) is 0.688. The van der Waals surface area contributed by atoms with Crippen molar-refractivity contribution in [2.24, 2.45) is 11.8 Å². The number of likely N-dealkylation sites (tertiary alicyclic amines) is 1. The average molecular weight is 256 g/mol. The Morgan fingerprint density at radius 2 is 2.06 bits per heavy atom. The molecule has 0 aliphatic carbocycles. The van der Waals surface area contributed by atoms with E-state index in [2.05, 4.69) is 24.1 Å². The summed E-state index contributed by atoms with van der Waals surface area (Å²) in [5, 5.41) is 3.52. The first kappa shape index (κ1) is 14.3. The predicted molar refractivity (Wildman–Crippen MR) is 72.8 cm³/mol. The van der Waals surface area contributed by atoms with Crippen molar-refractivity contribution in [2.75, 3.05) is 53.1 Å². The van der Waals surface area contributed by atoms with Crippen LogP contribution >= 0.6 is 0 Å². The highest BCUT2D eigenvalue weighted by Gasteiger charge is 2.48. The molecule has 2 rings (SSSR count). The second kappa shape index (κ2) is 6.33. The van der Waals surface area contributed by atoms with Gasteiger partial charge in [-0.25, -0.2) is 0 Å². The summed E-state index contributed by atoms with van der Waals surface area (Å²) in [4.78, 5) is 2.61. The summed E-state index contributed by atoms with van der Waals surface area (Å²) in [6, 6.07) is 0. The topological polar surface area (TPSA) is 33.7 Å². The molecule has 0 radical (unpaired) electrons. The Labute approximate surface area is 111 Å². The van der Waals surface area contributed by atoms with Crippen LogP contribution in [0.15, 0.2) is 0 Å². The predicted octanol–water partition coefficient (Wildman–Crippen LogP) is 0.969. The third-order valence-electron chi connectivity index (χ3n) is 4.66. The Balaban J connectivity index is 1.67. The maximum absolute atomic E-state index is 5.68. The SMILES string of the molecule is COCCCOCCN1CC2CNCC2C1(C)C. The van der Waals surface area contributed by atoms with Gasteiger partial charge in [-0.05, 0) is 38.6 Å². The zero-order valence-electron chi connectivity index (χ0n) is 12.1. The molecule has 0 bridgehead atoms. The molecule has 0 amide bonds. The van der Waals surface area contributed by atoms with E-state index in [-0.39, 0.29) is 0 Å². The van der Waals surface area contributed by atoms with E-state index in [9.17, 15) is 0 Å². The van der Waals surface area contributed by atoms with Gasteiger partial charge in [0.05, 0.1) is 6.61 Å². The lowest BCUT2D eigenvalue weighted by Gasteiger charge is -2.35. The van der Waals surface area contributed by atoms with E-state index in [1.807, 2.05) is 0 Å². The van der Waals surface area contributed by atoms with Gasteiger partial charge in [-0.2, -0.15) is 0 Å². The molecule has 0 aromatic carbocycles. The van der Waals surface area contributed by atoms with Crippen molar-refractivity contribution in [3.63, 3.8) is 0 Å². The van der Waals surface area contributed by atoms with E-state index in [4.69, 9.17) is 9.47 Å². The van der Waals surface area contributed by atoms with Crippen LogP contribution in [0.1, 0.15) is 20.3 Å². The van der Waals surface area contributed by atoms with Gasteiger partial charge in [0, 0.05) is 45.5 Å². The molecule has 0 aromatic heterocycles. The minimum Gasteiger partial charge on any atom is -0.385 e. The monoisotopic (exact) mass is 256 g/mol. The van der Waals surface area contributed by atoms with Gasteiger partial charge < -0.3 is 14.8 Å². The maximum atomic E-state index is 5.68. The summed E-state index contributed by atoms with van der Waals surface area (Å²) < 4.78 is 10.7. The van der Waals surface area contributed by atoms with E-state index in [0.717, 1.165) is 44.6 Å². The van der Waals surface area contributed by atoms with Crippen LogP contribution in [0.25, 0.3) is 0 Å². The van der Waals surface area contributed by atoms with Crippen LogP contribution in [0.4, 0.5) is 0 Å². The molecule has 2 aliphatic heterocycles. The molecule has 1 N–H and O–H groups in total. The number of nitrogens with zero attached hydrogens (tertiary/aromatic N) is 1. The first-order chi connectivity index (χ1) is 8.66. The van der Waals surface area contributed by atoms with Crippen molar-refractivity contribution >= 4 is 0 Å². The van der Waals surface area contributed by atoms with Gasteiger partial charge >= 0.3 is 0 Å². The second-order valence-corrected chi connectivity index (χ2v) is 6.08. The summed E-state index contributed by atoms with van der Waals surface area (Å²) in [6.45, 7) is 11.9. The standard InChI is InChI=1S/C14H28N2O2/c1-14(2)13-10-15-9-12(13)11-16(14)5-8-18-7-4-6-17-3/h12-13,15H,4-11H2,1-3H3. The van der Waals surface area contributed by atoms with Crippen LogP contribution < -0.4 is 5.32 Å². The highest BCUT2D eigenvalue weighted by atomic mass is 16.5. The molecule has 0 aromatic rings. The van der Waals surface area contributed by atoms with E-state index in [0.29, 0.717) is 5.54 Å². The molecule has 2 atom stereocenters. The minimum atomic E-state index is 0.323. The highest BCUT2D eigenvalue weighted by Crippen LogP contribution is 2.40. The molecule has 2 saturated heterocycles. The smallest absolute Gasteiger partial charge is 0.0593 e. The molecule has 2 fully saturated rings.